The van der Waals surface area contributed by atoms with Gasteiger partial charge in [-0.25, -0.2) is 0 Å². The Hall–Kier alpha value is -1.10. The molecule has 4 nitrogen and oxygen atoms in total. The van der Waals surface area contributed by atoms with Crippen LogP contribution < -0.4 is 0 Å². The maximum Gasteiger partial charge on any atom is 0.115 e. The van der Waals surface area contributed by atoms with Crippen molar-refractivity contribution in [3.63, 3.8) is 0 Å². The molecule has 0 heterocycles. The Kier molecular flexibility index (Phi) is 5.25. The van der Waals surface area contributed by atoms with E-state index in [1.54, 1.807) is 19.2 Å². The lowest BCUT2D eigenvalue weighted by atomic mass is 10.2. The molecule has 1 aromatic rings. The maximum atomic E-state index is 9.54. The molecule has 1 atom stereocenters. The van der Waals surface area contributed by atoms with Crippen molar-refractivity contribution in [2.75, 3.05) is 27.3 Å². The first kappa shape index (κ1) is 13.0. The molecule has 0 fully saturated rings. The van der Waals surface area contributed by atoms with Crippen LogP contribution in [0.5, 0.6) is 5.75 Å². The Morgan fingerprint density at radius 2 is 1.94 bits per heavy atom. The van der Waals surface area contributed by atoms with Gasteiger partial charge in [0.1, 0.15) is 5.75 Å². The van der Waals surface area contributed by atoms with E-state index in [0.29, 0.717) is 13.2 Å². The van der Waals surface area contributed by atoms with E-state index in [1.807, 2.05) is 24.1 Å². The standard InChI is InChI=1S/C12H19NO3/c1-13(8-12(15)9-16-2)7-10-3-5-11(14)6-4-10/h3-6,12,14-15H,7-9H2,1-2H3. The monoisotopic (exact) mass is 225 g/mol. The molecule has 0 aliphatic rings. The van der Waals surface area contributed by atoms with E-state index in [2.05, 4.69) is 0 Å². The van der Waals surface area contributed by atoms with Gasteiger partial charge < -0.3 is 14.9 Å². The summed E-state index contributed by atoms with van der Waals surface area (Å²) in [5, 5.41) is 18.7. The number of benzene rings is 1. The van der Waals surface area contributed by atoms with E-state index >= 15 is 0 Å². The van der Waals surface area contributed by atoms with Gasteiger partial charge in [-0.1, -0.05) is 12.1 Å². The summed E-state index contributed by atoms with van der Waals surface area (Å²) >= 11 is 0. The number of aromatic hydroxyl groups is 1. The van der Waals surface area contributed by atoms with Crippen LogP contribution >= 0.6 is 0 Å². The first-order valence-electron chi connectivity index (χ1n) is 5.25. The number of nitrogens with zero attached hydrogens (tertiary/aromatic N) is 1. The normalized spacial score (nSPS) is 13.0. The molecule has 0 aromatic heterocycles. The van der Waals surface area contributed by atoms with E-state index in [-0.39, 0.29) is 5.75 Å². The quantitative estimate of drug-likeness (QED) is 0.753. The first-order chi connectivity index (χ1) is 7.61. The minimum absolute atomic E-state index is 0.269. The van der Waals surface area contributed by atoms with Gasteiger partial charge in [-0.2, -0.15) is 0 Å². The Labute approximate surface area is 96.1 Å². The third kappa shape index (κ3) is 4.61. The van der Waals surface area contributed by atoms with E-state index < -0.39 is 6.10 Å². The topological polar surface area (TPSA) is 52.9 Å². The highest BCUT2D eigenvalue weighted by Gasteiger charge is 2.08. The summed E-state index contributed by atoms with van der Waals surface area (Å²) in [6.45, 7) is 1.65. The number of aliphatic hydroxyl groups is 1. The summed E-state index contributed by atoms with van der Waals surface area (Å²) in [6.07, 6.45) is -0.466. The van der Waals surface area contributed by atoms with E-state index in [1.165, 1.54) is 0 Å². The fourth-order valence-electron chi connectivity index (χ4n) is 1.58. The van der Waals surface area contributed by atoms with Gasteiger partial charge >= 0.3 is 0 Å². The van der Waals surface area contributed by atoms with Gasteiger partial charge in [0.25, 0.3) is 0 Å². The molecule has 4 heteroatoms. The number of methoxy groups -OCH3 is 1. The van der Waals surface area contributed by atoms with E-state index in [4.69, 9.17) is 9.84 Å². The lowest BCUT2D eigenvalue weighted by Gasteiger charge is -2.20. The maximum absolute atomic E-state index is 9.54. The van der Waals surface area contributed by atoms with Crippen molar-refractivity contribution >= 4 is 0 Å². The number of phenols is 1. The van der Waals surface area contributed by atoms with E-state index in [9.17, 15) is 5.11 Å². The SMILES string of the molecule is COCC(O)CN(C)Cc1ccc(O)cc1. The molecule has 0 saturated heterocycles. The highest BCUT2D eigenvalue weighted by molar-refractivity contribution is 5.25. The van der Waals surface area contributed by atoms with Gasteiger partial charge in [-0.05, 0) is 24.7 Å². The van der Waals surface area contributed by atoms with Crippen molar-refractivity contribution in [1.82, 2.24) is 4.90 Å². The highest BCUT2D eigenvalue weighted by atomic mass is 16.5. The Morgan fingerprint density at radius 1 is 1.31 bits per heavy atom. The minimum Gasteiger partial charge on any atom is -0.508 e. The lowest BCUT2D eigenvalue weighted by molar-refractivity contribution is 0.0419. The fourth-order valence-corrected chi connectivity index (χ4v) is 1.58. The number of phenolic OH excluding ortho intramolecular Hbond substituents is 1. The molecule has 2 N–H and O–H groups in total. The lowest BCUT2D eigenvalue weighted by Crippen LogP contribution is -2.31. The Morgan fingerprint density at radius 3 is 2.50 bits per heavy atom. The summed E-state index contributed by atoms with van der Waals surface area (Å²) in [7, 11) is 3.51. The molecular weight excluding hydrogens is 206 g/mol. The first-order valence-corrected chi connectivity index (χ1v) is 5.25. The zero-order valence-corrected chi connectivity index (χ0v) is 9.76. The smallest absolute Gasteiger partial charge is 0.115 e. The average Bonchev–Trinajstić information content (AvgIpc) is 2.21. The largest absolute Gasteiger partial charge is 0.508 e. The summed E-state index contributed by atoms with van der Waals surface area (Å²) in [4.78, 5) is 2.01. The van der Waals surface area contributed by atoms with Crippen LogP contribution in [0.4, 0.5) is 0 Å². The van der Waals surface area contributed by atoms with Crippen molar-refractivity contribution in [2.24, 2.45) is 0 Å². The van der Waals surface area contributed by atoms with Crippen molar-refractivity contribution in [1.29, 1.82) is 0 Å². The molecule has 1 aromatic carbocycles. The highest BCUT2D eigenvalue weighted by Crippen LogP contribution is 2.11. The minimum atomic E-state index is -0.466. The zero-order valence-electron chi connectivity index (χ0n) is 9.76. The third-order valence-electron chi connectivity index (χ3n) is 2.27. The van der Waals surface area contributed by atoms with Crippen LogP contribution in [-0.4, -0.2) is 48.5 Å². The zero-order chi connectivity index (χ0) is 12.0. The van der Waals surface area contributed by atoms with E-state index in [0.717, 1.165) is 12.1 Å². The van der Waals surface area contributed by atoms with Crippen molar-refractivity contribution < 1.29 is 14.9 Å². The summed E-state index contributed by atoms with van der Waals surface area (Å²) in [5.41, 5.74) is 1.10. The molecule has 0 saturated carbocycles. The number of rotatable bonds is 6. The predicted molar refractivity (Wildman–Crippen MR) is 62.3 cm³/mol. The second-order valence-corrected chi connectivity index (χ2v) is 3.97. The fraction of sp³-hybridized carbons (Fsp3) is 0.500. The van der Waals surface area contributed by atoms with Gasteiger partial charge in [0.05, 0.1) is 12.7 Å². The molecule has 0 amide bonds. The van der Waals surface area contributed by atoms with Crippen LogP contribution in [0.2, 0.25) is 0 Å². The summed E-state index contributed by atoms with van der Waals surface area (Å²) in [6, 6.07) is 7.06. The number of aliphatic hydroxyl groups excluding tert-OH is 1. The third-order valence-corrected chi connectivity index (χ3v) is 2.27. The molecule has 1 unspecified atom stereocenters. The molecular formula is C12H19NO3. The van der Waals surface area contributed by atoms with Gasteiger partial charge in [-0.3, -0.25) is 4.90 Å². The second kappa shape index (κ2) is 6.48. The second-order valence-electron chi connectivity index (χ2n) is 3.97. The van der Waals surface area contributed by atoms with Gasteiger partial charge in [0.2, 0.25) is 0 Å². The summed E-state index contributed by atoms with van der Waals surface area (Å²) < 4.78 is 4.86. The molecule has 0 aliphatic heterocycles. The molecule has 1 rings (SSSR count). The molecule has 0 bridgehead atoms. The molecule has 16 heavy (non-hydrogen) atoms. The van der Waals surface area contributed by atoms with Gasteiger partial charge in [0.15, 0.2) is 0 Å². The Bertz CT molecular complexity index is 300. The van der Waals surface area contributed by atoms with Crippen LogP contribution in [0.15, 0.2) is 24.3 Å². The van der Waals surface area contributed by atoms with Gasteiger partial charge in [-0.15, -0.1) is 0 Å². The molecule has 0 spiro atoms. The number of hydrogen-bond acceptors (Lipinski definition) is 4. The van der Waals surface area contributed by atoms with Crippen LogP contribution in [0.25, 0.3) is 0 Å². The Balaban J connectivity index is 2.39. The van der Waals surface area contributed by atoms with Crippen LogP contribution in [-0.2, 0) is 11.3 Å². The number of hydrogen-bond donors (Lipinski definition) is 2. The van der Waals surface area contributed by atoms with Crippen molar-refractivity contribution in [2.45, 2.75) is 12.6 Å². The van der Waals surface area contributed by atoms with Crippen molar-refractivity contribution in [3.05, 3.63) is 29.8 Å². The number of likely N-dealkylation sites (N-methyl/N-ethyl adjacent to an activating group) is 1. The number of ether oxygens (including phenoxy) is 1. The van der Waals surface area contributed by atoms with Crippen molar-refractivity contribution in [3.8, 4) is 5.75 Å². The average molecular weight is 225 g/mol. The molecule has 90 valence electrons. The van der Waals surface area contributed by atoms with Crippen LogP contribution in [0.1, 0.15) is 5.56 Å². The summed E-state index contributed by atoms with van der Waals surface area (Å²) in [5.74, 6) is 0.269. The van der Waals surface area contributed by atoms with Crippen LogP contribution in [0.3, 0.4) is 0 Å². The molecule has 0 radical (unpaired) electrons. The van der Waals surface area contributed by atoms with Crippen LogP contribution in [0, 0.1) is 0 Å². The molecule has 0 aliphatic carbocycles. The van der Waals surface area contributed by atoms with Gasteiger partial charge in [0, 0.05) is 20.2 Å². The predicted octanol–water partition coefficient (Wildman–Crippen LogP) is 0.831.